The highest BCUT2D eigenvalue weighted by Crippen LogP contribution is 2.21. The van der Waals surface area contributed by atoms with Gasteiger partial charge in [0, 0.05) is 16.6 Å². The third-order valence-electron chi connectivity index (χ3n) is 2.73. The van der Waals surface area contributed by atoms with Crippen molar-refractivity contribution in [3.05, 3.63) is 41.4 Å². The van der Waals surface area contributed by atoms with E-state index in [1.54, 1.807) is 12.1 Å². The van der Waals surface area contributed by atoms with Crippen LogP contribution >= 0.6 is 11.6 Å². The molecule has 1 aromatic rings. The molecule has 1 atom stereocenters. The molecule has 3 heteroatoms. The number of allylic oxidation sites excluding steroid dienone is 2. The van der Waals surface area contributed by atoms with E-state index < -0.39 is 0 Å². The minimum atomic E-state index is 0.0895. The van der Waals surface area contributed by atoms with Crippen LogP contribution in [0.4, 0.5) is 5.69 Å². The monoisotopic (exact) mass is 235 g/mol. The fourth-order valence-corrected chi connectivity index (χ4v) is 2.03. The molecule has 0 unspecified atom stereocenters. The van der Waals surface area contributed by atoms with Crippen LogP contribution in [0.5, 0.6) is 0 Å². The summed E-state index contributed by atoms with van der Waals surface area (Å²) in [6.45, 7) is 0. The van der Waals surface area contributed by atoms with E-state index in [0.717, 1.165) is 24.9 Å². The Morgan fingerprint density at radius 2 is 2.25 bits per heavy atom. The van der Waals surface area contributed by atoms with Crippen molar-refractivity contribution in [2.24, 2.45) is 5.92 Å². The Morgan fingerprint density at radius 3 is 2.94 bits per heavy atom. The van der Waals surface area contributed by atoms with E-state index in [1.165, 1.54) is 0 Å². The zero-order chi connectivity index (χ0) is 11.4. The molecule has 2 nitrogen and oxygen atoms in total. The molecule has 0 aromatic heterocycles. The zero-order valence-electron chi connectivity index (χ0n) is 8.95. The van der Waals surface area contributed by atoms with Crippen LogP contribution < -0.4 is 5.32 Å². The Kier molecular flexibility index (Phi) is 3.62. The molecule has 0 radical (unpaired) electrons. The normalized spacial score (nSPS) is 19.4. The van der Waals surface area contributed by atoms with Gasteiger partial charge in [0.05, 0.1) is 0 Å². The fourth-order valence-electron chi connectivity index (χ4n) is 1.84. The standard InChI is InChI=1S/C13H14ClNO/c14-11-7-4-8-12(9-11)15-13(16)10-5-2-1-3-6-10/h1-2,4,7-10H,3,5-6H2,(H,15,16)/t10-/m0/s1. The van der Waals surface area contributed by atoms with Gasteiger partial charge in [-0.3, -0.25) is 4.79 Å². The Bertz CT molecular complexity index is 414. The topological polar surface area (TPSA) is 29.1 Å². The third-order valence-corrected chi connectivity index (χ3v) is 2.97. The first-order valence-corrected chi connectivity index (χ1v) is 5.85. The summed E-state index contributed by atoms with van der Waals surface area (Å²) in [6.07, 6.45) is 6.97. The van der Waals surface area contributed by atoms with Crippen molar-refractivity contribution in [1.29, 1.82) is 0 Å². The summed E-state index contributed by atoms with van der Waals surface area (Å²) >= 11 is 5.85. The number of rotatable bonds is 2. The van der Waals surface area contributed by atoms with Gasteiger partial charge in [0.15, 0.2) is 0 Å². The number of hydrogen-bond donors (Lipinski definition) is 1. The van der Waals surface area contributed by atoms with E-state index in [9.17, 15) is 4.79 Å². The van der Waals surface area contributed by atoms with Crippen LogP contribution in [0.2, 0.25) is 5.02 Å². The fraction of sp³-hybridized carbons (Fsp3) is 0.308. The molecule has 16 heavy (non-hydrogen) atoms. The van der Waals surface area contributed by atoms with Crippen molar-refractivity contribution < 1.29 is 4.79 Å². The summed E-state index contributed by atoms with van der Waals surface area (Å²) in [5.74, 6) is 0.190. The van der Waals surface area contributed by atoms with Gasteiger partial charge >= 0.3 is 0 Å². The van der Waals surface area contributed by atoms with E-state index in [-0.39, 0.29) is 11.8 Å². The molecule has 1 amide bonds. The lowest BCUT2D eigenvalue weighted by Gasteiger charge is -2.17. The molecular formula is C13H14ClNO. The molecule has 0 saturated heterocycles. The largest absolute Gasteiger partial charge is 0.326 e. The van der Waals surface area contributed by atoms with E-state index in [4.69, 9.17) is 11.6 Å². The van der Waals surface area contributed by atoms with Crippen molar-refractivity contribution in [1.82, 2.24) is 0 Å². The molecule has 1 aromatic carbocycles. The number of halogens is 1. The average Bonchev–Trinajstić information content (AvgIpc) is 2.30. The van der Waals surface area contributed by atoms with Gasteiger partial charge in [-0.1, -0.05) is 29.8 Å². The molecular weight excluding hydrogens is 222 g/mol. The van der Waals surface area contributed by atoms with E-state index >= 15 is 0 Å². The van der Waals surface area contributed by atoms with Crippen molar-refractivity contribution in [3.8, 4) is 0 Å². The Balaban J connectivity index is 1.99. The molecule has 0 aliphatic heterocycles. The van der Waals surface area contributed by atoms with Gasteiger partial charge in [-0.15, -0.1) is 0 Å². The summed E-state index contributed by atoms with van der Waals surface area (Å²) in [7, 11) is 0. The number of anilines is 1. The second kappa shape index (κ2) is 5.17. The first-order valence-electron chi connectivity index (χ1n) is 5.47. The minimum absolute atomic E-state index is 0.0895. The molecule has 0 spiro atoms. The van der Waals surface area contributed by atoms with E-state index in [0.29, 0.717) is 5.02 Å². The first kappa shape index (κ1) is 11.2. The van der Waals surface area contributed by atoms with Gasteiger partial charge in [-0.25, -0.2) is 0 Å². The molecule has 0 heterocycles. The van der Waals surface area contributed by atoms with Gasteiger partial charge in [-0.05, 0) is 37.5 Å². The number of carbonyl (C=O) groups is 1. The van der Waals surface area contributed by atoms with Crippen LogP contribution in [0.3, 0.4) is 0 Å². The highest BCUT2D eigenvalue weighted by molar-refractivity contribution is 6.30. The zero-order valence-corrected chi connectivity index (χ0v) is 9.70. The number of carbonyl (C=O) groups excluding carboxylic acids is 1. The summed E-state index contributed by atoms with van der Waals surface area (Å²) < 4.78 is 0. The predicted molar refractivity (Wildman–Crippen MR) is 66.6 cm³/mol. The molecule has 0 fully saturated rings. The lowest BCUT2D eigenvalue weighted by atomic mass is 9.93. The van der Waals surface area contributed by atoms with Crippen LogP contribution in [-0.2, 0) is 4.79 Å². The van der Waals surface area contributed by atoms with Crippen molar-refractivity contribution in [2.75, 3.05) is 5.32 Å². The quantitative estimate of drug-likeness (QED) is 0.780. The van der Waals surface area contributed by atoms with E-state index in [2.05, 4.69) is 17.5 Å². The number of nitrogens with one attached hydrogen (secondary N) is 1. The number of amides is 1. The number of benzene rings is 1. The molecule has 0 bridgehead atoms. The van der Waals surface area contributed by atoms with Crippen molar-refractivity contribution in [3.63, 3.8) is 0 Å². The van der Waals surface area contributed by atoms with Crippen LogP contribution in [-0.4, -0.2) is 5.91 Å². The first-order chi connectivity index (χ1) is 7.75. The Morgan fingerprint density at radius 1 is 1.38 bits per heavy atom. The van der Waals surface area contributed by atoms with E-state index in [1.807, 2.05) is 12.1 Å². The minimum Gasteiger partial charge on any atom is -0.326 e. The van der Waals surface area contributed by atoms with Crippen molar-refractivity contribution >= 4 is 23.2 Å². The maximum atomic E-state index is 11.9. The summed E-state index contributed by atoms with van der Waals surface area (Å²) in [4.78, 5) is 11.9. The Hall–Kier alpha value is -1.28. The van der Waals surface area contributed by atoms with Crippen LogP contribution in [0.25, 0.3) is 0 Å². The summed E-state index contributed by atoms with van der Waals surface area (Å²) in [5, 5.41) is 3.54. The molecule has 1 N–H and O–H groups in total. The van der Waals surface area contributed by atoms with Gasteiger partial charge in [0.25, 0.3) is 0 Å². The van der Waals surface area contributed by atoms with Gasteiger partial charge in [-0.2, -0.15) is 0 Å². The molecule has 1 aliphatic rings. The molecule has 2 rings (SSSR count). The summed E-state index contributed by atoms with van der Waals surface area (Å²) in [6, 6.07) is 7.24. The second-order valence-corrected chi connectivity index (χ2v) is 4.42. The smallest absolute Gasteiger partial charge is 0.227 e. The predicted octanol–water partition coefficient (Wildman–Crippen LogP) is 3.63. The average molecular weight is 236 g/mol. The lowest BCUT2D eigenvalue weighted by molar-refractivity contribution is -0.120. The number of hydrogen-bond acceptors (Lipinski definition) is 1. The third kappa shape index (κ3) is 2.86. The maximum Gasteiger partial charge on any atom is 0.227 e. The highest BCUT2D eigenvalue weighted by Gasteiger charge is 2.18. The SMILES string of the molecule is O=C(Nc1cccc(Cl)c1)[C@H]1CC=CCC1. The molecule has 84 valence electrons. The Labute approximate surface area is 100 Å². The highest BCUT2D eigenvalue weighted by atomic mass is 35.5. The van der Waals surface area contributed by atoms with Gasteiger partial charge < -0.3 is 5.32 Å². The van der Waals surface area contributed by atoms with Gasteiger partial charge in [0.2, 0.25) is 5.91 Å². The molecule has 1 aliphatic carbocycles. The maximum absolute atomic E-state index is 11.9. The van der Waals surface area contributed by atoms with Crippen LogP contribution in [0.1, 0.15) is 19.3 Å². The second-order valence-electron chi connectivity index (χ2n) is 3.98. The van der Waals surface area contributed by atoms with Crippen LogP contribution in [0.15, 0.2) is 36.4 Å². The van der Waals surface area contributed by atoms with Crippen LogP contribution in [0, 0.1) is 5.92 Å². The molecule has 0 saturated carbocycles. The lowest BCUT2D eigenvalue weighted by Crippen LogP contribution is -2.23. The van der Waals surface area contributed by atoms with Crippen molar-refractivity contribution in [2.45, 2.75) is 19.3 Å². The summed E-state index contributed by atoms with van der Waals surface area (Å²) in [5.41, 5.74) is 0.770. The van der Waals surface area contributed by atoms with Gasteiger partial charge in [0.1, 0.15) is 0 Å².